The van der Waals surface area contributed by atoms with Gasteiger partial charge in [-0.2, -0.15) is 0 Å². The van der Waals surface area contributed by atoms with Crippen LogP contribution >= 0.6 is 0 Å². The highest BCUT2D eigenvalue weighted by Crippen LogP contribution is 2.35. The Hall–Kier alpha value is -1.96. The Morgan fingerprint density at radius 1 is 1.38 bits per heavy atom. The molecule has 0 radical (unpaired) electrons. The third kappa shape index (κ3) is 4.06. The SMILES string of the molecule is CCC1(CC)CN(c2ccc(C(=O)NC(C)C)cc2[N+](=O)[O-])CCS1=O. The van der Waals surface area contributed by atoms with Crippen molar-refractivity contribution in [2.45, 2.75) is 51.3 Å². The highest BCUT2D eigenvalue weighted by Gasteiger charge is 2.40. The maximum atomic E-state index is 12.5. The molecule has 1 aromatic rings. The fourth-order valence-corrected chi connectivity index (χ4v) is 5.10. The van der Waals surface area contributed by atoms with Crippen molar-refractivity contribution in [1.82, 2.24) is 5.32 Å². The molecule has 1 aliphatic heterocycles. The van der Waals surface area contributed by atoms with Gasteiger partial charge in [-0.3, -0.25) is 19.1 Å². The van der Waals surface area contributed by atoms with Gasteiger partial charge in [0.2, 0.25) is 0 Å². The van der Waals surface area contributed by atoms with E-state index in [2.05, 4.69) is 5.32 Å². The molecule has 1 heterocycles. The average Bonchev–Trinajstić information content (AvgIpc) is 2.61. The van der Waals surface area contributed by atoms with Crippen molar-refractivity contribution in [3.63, 3.8) is 0 Å². The summed E-state index contributed by atoms with van der Waals surface area (Å²) >= 11 is 0. The molecule has 0 spiro atoms. The van der Waals surface area contributed by atoms with E-state index in [1.807, 2.05) is 32.6 Å². The number of anilines is 1. The molecule has 0 bridgehead atoms. The Morgan fingerprint density at radius 2 is 2.04 bits per heavy atom. The van der Waals surface area contributed by atoms with E-state index in [-0.39, 0.29) is 27.9 Å². The fourth-order valence-electron chi connectivity index (χ4n) is 3.33. The number of benzene rings is 1. The highest BCUT2D eigenvalue weighted by atomic mass is 32.2. The molecular formula is C18H27N3O4S. The van der Waals surface area contributed by atoms with Crippen molar-refractivity contribution in [2.75, 3.05) is 23.7 Å². The summed E-state index contributed by atoms with van der Waals surface area (Å²) in [6.45, 7) is 8.72. The van der Waals surface area contributed by atoms with Gasteiger partial charge in [0.25, 0.3) is 11.6 Å². The number of nitrogens with one attached hydrogen (secondary N) is 1. The molecule has 8 heteroatoms. The number of carbonyl (C=O) groups is 1. The normalized spacial score (nSPS) is 19.4. The van der Waals surface area contributed by atoms with Crippen LogP contribution < -0.4 is 10.2 Å². The van der Waals surface area contributed by atoms with E-state index >= 15 is 0 Å². The molecule has 1 unspecified atom stereocenters. The number of rotatable bonds is 6. The molecule has 1 saturated heterocycles. The topological polar surface area (TPSA) is 92.6 Å². The van der Waals surface area contributed by atoms with Gasteiger partial charge in [0, 0.05) is 47.3 Å². The van der Waals surface area contributed by atoms with E-state index in [1.54, 1.807) is 12.1 Å². The molecular weight excluding hydrogens is 354 g/mol. The minimum atomic E-state index is -0.943. The lowest BCUT2D eigenvalue weighted by molar-refractivity contribution is -0.384. The van der Waals surface area contributed by atoms with Gasteiger partial charge in [-0.15, -0.1) is 0 Å². The van der Waals surface area contributed by atoms with Crippen LogP contribution in [-0.4, -0.2) is 44.7 Å². The maximum Gasteiger partial charge on any atom is 0.293 e. The average molecular weight is 381 g/mol. The molecule has 2 rings (SSSR count). The van der Waals surface area contributed by atoms with Crippen LogP contribution in [0.5, 0.6) is 0 Å². The Morgan fingerprint density at radius 3 is 2.58 bits per heavy atom. The van der Waals surface area contributed by atoms with E-state index in [9.17, 15) is 19.1 Å². The summed E-state index contributed by atoms with van der Waals surface area (Å²) in [4.78, 5) is 25.3. The van der Waals surface area contributed by atoms with Gasteiger partial charge in [-0.1, -0.05) is 13.8 Å². The van der Waals surface area contributed by atoms with Gasteiger partial charge in [0.15, 0.2) is 0 Å². The van der Waals surface area contributed by atoms with Crippen LogP contribution in [0.15, 0.2) is 18.2 Å². The number of nitro groups is 1. The minimum absolute atomic E-state index is 0.0481. The first kappa shape index (κ1) is 20.4. The maximum absolute atomic E-state index is 12.5. The molecule has 1 N–H and O–H groups in total. The molecule has 0 aliphatic carbocycles. The highest BCUT2D eigenvalue weighted by molar-refractivity contribution is 7.86. The van der Waals surface area contributed by atoms with Crippen LogP contribution in [0.3, 0.4) is 0 Å². The monoisotopic (exact) mass is 381 g/mol. The number of amides is 1. The summed E-state index contributed by atoms with van der Waals surface area (Å²) < 4.78 is 12.2. The summed E-state index contributed by atoms with van der Waals surface area (Å²) in [5.74, 6) is 0.167. The van der Waals surface area contributed by atoms with Crippen molar-refractivity contribution >= 4 is 28.1 Å². The summed E-state index contributed by atoms with van der Waals surface area (Å²) in [5, 5.41) is 14.4. The number of nitrogens with zero attached hydrogens (tertiary/aromatic N) is 2. The molecule has 0 saturated carbocycles. The zero-order valence-corrected chi connectivity index (χ0v) is 16.6. The van der Waals surface area contributed by atoms with Crippen molar-refractivity contribution in [3.8, 4) is 0 Å². The van der Waals surface area contributed by atoms with Gasteiger partial charge < -0.3 is 10.2 Å². The van der Waals surface area contributed by atoms with E-state index in [0.29, 0.717) is 24.5 Å². The third-order valence-electron chi connectivity index (χ3n) is 4.99. The first-order chi connectivity index (χ1) is 12.2. The molecule has 7 nitrogen and oxygen atoms in total. The Bertz CT molecular complexity index is 716. The second-order valence-corrected chi connectivity index (χ2v) is 8.92. The van der Waals surface area contributed by atoms with E-state index in [0.717, 1.165) is 12.8 Å². The zero-order valence-electron chi connectivity index (χ0n) is 15.8. The lowest BCUT2D eigenvalue weighted by atomic mass is 10.0. The Kier molecular flexibility index (Phi) is 6.39. The molecule has 0 aromatic heterocycles. The molecule has 1 aliphatic rings. The molecule has 1 amide bonds. The largest absolute Gasteiger partial charge is 0.364 e. The molecule has 1 aromatic carbocycles. The van der Waals surface area contributed by atoms with Gasteiger partial charge in [0.05, 0.1) is 9.67 Å². The van der Waals surface area contributed by atoms with Crippen LogP contribution in [-0.2, 0) is 10.8 Å². The van der Waals surface area contributed by atoms with Crippen LogP contribution in [0.4, 0.5) is 11.4 Å². The van der Waals surface area contributed by atoms with Crippen molar-refractivity contribution in [3.05, 3.63) is 33.9 Å². The van der Waals surface area contributed by atoms with Crippen LogP contribution in [0.25, 0.3) is 0 Å². The number of nitro benzene ring substituents is 1. The Labute approximate surface area is 156 Å². The quantitative estimate of drug-likeness (QED) is 0.604. The summed E-state index contributed by atoms with van der Waals surface area (Å²) in [6, 6.07) is 4.54. The second kappa shape index (κ2) is 8.16. The fraction of sp³-hybridized carbons (Fsp3) is 0.611. The van der Waals surface area contributed by atoms with Gasteiger partial charge >= 0.3 is 0 Å². The molecule has 26 heavy (non-hydrogen) atoms. The van der Waals surface area contributed by atoms with Gasteiger partial charge in [-0.25, -0.2) is 0 Å². The van der Waals surface area contributed by atoms with E-state index < -0.39 is 15.7 Å². The van der Waals surface area contributed by atoms with E-state index in [1.165, 1.54) is 6.07 Å². The first-order valence-electron chi connectivity index (χ1n) is 8.96. The molecule has 1 atom stereocenters. The standard InChI is InChI=1S/C18H27N3O4S/c1-5-18(6-2)12-20(9-10-26(18)25)15-8-7-14(11-16(15)21(23)24)17(22)19-13(3)4/h7-8,11,13H,5-6,9-10,12H2,1-4H3,(H,19,22). The van der Waals surface area contributed by atoms with Crippen molar-refractivity contribution < 1.29 is 13.9 Å². The summed E-state index contributed by atoms with van der Waals surface area (Å²) in [7, 11) is -0.943. The van der Waals surface area contributed by atoms with Crippen LogP contribution in [0, 0.1) is 10.1 Å². The third-order valence-corrected chi connectivity index (χ3v) is 7.22. The van der Waals surface area contributed by atoms with Crippen LogP contribution in [0.2, 0.25) is 0 Å². The molecule has 1 fully saturated rings. The summed E-state index contributed by atoms with van der Waals surface area (Å²) in [5.41, 5.74) is 0.668. The summed E-state index contributed by atoms with van der Waals surface area (Å²) in [6.07, 6.45) is 1.52. The lowest BCUT2D eigenvalue weighted by Gasteiger charge is -2.42. The number of hydrogen-bond acceptors (Lipinski definition) is 5. The second-order valence-electron chi connectivity index (χ2n) is 6.95. The number of carbonyl (C=O) groups excluding carboxylic acids is 1. The number of hydrogen-bond donors (Lipinski definition) is 1. The van der Waals surface area contributed by atoms with Crippen molar-refractivity contribution in [2.24, 2.45) is 0 Å². The smallest absolute Gasteiger partial charge is 0.293 e. The van der Waals surface area contributed by atoms with Gasteiger partial charge in [-0.05, 0) is 38.8 Å². The zero-order chi connectivity index (χ0) is 19.5. The first-order valence-corrected chi connectivity index (χ1v) is 10.3. The van der Waals surface area contributed by atoms with Gasteiger partial charge in [0.1, 0.15) is 5.69 Å². The predicted molar refractivity (Wildman–Crippen MR) is 104 cm³/mol. The van der Waals surface area contributed by atoms with Crippen LogP contribution in [0.1, 0.15) is 50.9 Å². The Balaban J connectivity index is 2.38. The molecule has 144 valence electrons. The predicted octanol–water partition coefficient (Wildman–Crippen LogP) is 2.86. The van der Waals surface area contributed by atoms with E-state index in [4.69, 9.17) is 0 Å². The lowest BCUT2D eigenvalue weighted by Crippen LogP contribution is -2.53. The minimum Gasteiger partial charge on any atom is -0.364 e. The van der Waals surface area contributed by atoms with Crippen molar-refractivity contribution in [1.29, 1.82) is 0 Å².